The van der Waals surface area contributed by atoms with Gasteiger partial charge in [-0.15, -0.1) is 12.4 Å². The molecule has 2 atom stereocenters. The zero-order valence-corrected chi connectivity index (χ0v) is 15.3. The molecular weight excluding hydrogens is 324 g/mol. The summed E-state index contributed by atoms with van der Waals surface area (Å²) in [4.78, 5) is 19.5. The van der Waals surface area contributed by atoms with Gasteiger partial charge in [-0.1, -0.05) is 26.0 Å². The number of piperidine rings is 1. The lowest BCUT2D eigenvalue weighted by Gasteiger charge is -2.38. The summed E-state index contributed by atoms with van der Waals surface area (Å²) < 4.78 is 2.06. The van der Waals surface area contributed by atoms with Gasteiger partial charge in [-0.3, -0.25) is 4.79 Å². The molecule has 2 N–H and O–H groups in total. The first-order valence-corrected chi connectivity index (χ1v) is 8.57. The Hall–Kier alpha value is -1.59. The van der Waals surface area contributed by atoms with Gasteiger partial charge in [0.15, 0.2) is 0 Å². The van der Waals surface area contributed by atoms with E-state index >= 15 is 0 Å². The van der Waals surface area contributed by atoms with Gasteiger partial charge in [0.1, 0.15) is 12.4 Å². The van der Waals surface area contributed by atoms with Gasteiger partial charge in [-0.2, -0.15) is 0 Å². The summed E-state index contributed by atoms with van der Waals surface area (Å²) in [6.07, 6.45) is 2.89. The highest BCUT2D eigenvalue weighted by atomic mass is 35.5. The van der Waals surface area contributed by atoms with E-state index in [1.54, 1.807) is 0 Å². The molecule has 2 unspecified atom stereocenters. The number of nitrogens with zero attached hydrogens (tertiary/aromatic N) is 3. The number of fused-ring (bicyclic) bond motifs is 1. The summed E-state index contributed by atoms with van der Waals surface area (Å²) in [6, 6.07) is 8.19. The van der Waals surface area contributed by atoms with Gasteiger partial charge in [-0.25, -0.2) is 4.98 Å². The molecule has 2 heterocycles. The Bertz CT molecular complexity index is 699. The number of hydrogen-bond acceptors (Lipinski definition) is 3. The third kappa shape index (κ3) is 3.57. The lowest BCUT2D eigenvalue weighted by atomic mass is 9.92. The van der Waals surface area contributed by atoms with Crippen molar-refractivity contribution in [1.82, 2.24) is 14.5 Å². The first kappa shape index (κ1) is 18.7. The number of amides is 1. The number of imidazole rings is 1. The number of carbonyl (C=O) groups excluding carboxylic acids is 1. The van der Waals surface area contributed by atoms with Crippen LogP contribution in [0.25, 0.3) is 11.0 Å². The zero-order valence-electron chi connectivity index (χ0n) is 14.4. The third-order valence-corrected chi connectivity index (χ3v) is 4.91. The first-order chi connectivity index (χ1) is 11.1. The van der Waals surface area contributed by atoms with Crippen LogP contribution in [-0.2, 0) is 17.8 Å². The van der Waals surface area contributed by atoms with Crippen molar-refractivity contribution in [2.75, 3.05) is 13.1 Å². The number of para-hydroxylation sites is 2. The quantitative estimate of drug-likeness (QED) is 0.921. The summed E-state index contributed by atoms with van der Waals surface area (Å²) in [5.41, 5.74) is 7.89. The van der Waals surface area contributed by atoms with Crippen LogP contribution in [0.2, 0.25) is 0 Å². The highest BCUT2D eigenvalue weighted by Gasteiger charge is 2.29. The minimum Gasteiger partial charge on any atom is -0.337 e. The zero-order chi connectivity index (χ0) is 16.4. The standard InChI is InChI=1S/C18H26N4O.ClH/c1-3-17-20-15-6-4-5-7-16(15)22(17)12-18(23)21-9-8-13(2)10-14(21)11-19;/h4-7,13-14H,3,8-12,19H2,1-2H3;1H. The normalized spacial score (nSPS) is 20.9. The molecule has 132 valence electrons. The van der Waals surface area contributed by atoms with Crippen LogP contribution in [0.1, 0.15) is 32.5 Å². The van der Waals surface area contributed by atoms with Crippen molar-refractivity contribution in [1.29, 1.82) is 0 Å². The van der Waals surface area contributed by atoms with E-state index in [1.165, 1.54) is 0 Å². The Morgan fingerprint density at radius 2 is 2.12 bits per heavy atom. The van der Waals surface area contributed by atoms with Crippen molar-refractivity contribution in [2.24, 2.45) is 11.7 Å². The molecule has 0 spiro atoms. The largest absolute Gasteiger partial charge is 0.337 e. The van der Waals surface area contributed by atoms with E-state index < -0.39 is 0 Å². The number of rotatable bonds is 4. The summed E-state index contributed by atoms with van der Waals surface area (Å²) in [7, 11) is 0. The second-order valence-corrected chi connectivity index (χ2v) is 6.56. The molecule has 6 heteroatoms. The summed E-state index contributed by atoms with van der Waals surface area (Å²) in [5.74, 6) is 1.77. The minimum atomic E-state index is 0. The number of hydrogen-bond donors (Lipinski definition) is 1. The van der Waals surface area contributed by atoms with Gasteiger partial charge >= 0.3 is 0 Å². The van der Waals surface area contributed by atoms with Crippen LogP contribution in [0.15, 0.2) is 24.3 Å². The number of likely N-dealkylation sites (tertiary alicyclic amines) is 1. The molecule has 24 heavy (non-hydrogen) atoms. The molecule has 1 aromatic carbocycles. The average molecular weight is 351 g/mol. The first-order valence-electron chi connectivity index (χ1n) is 8.57. The number of aryl methyl sites for hydroxylation is 1. The monoisotopic (exact) mass is 350 g/mol. The summed E-state index contributed by atoms with van der Waals surface area (Å²) >= 11 is 0. The van der Waals surface area contributed by atoms with E-state index in [2.05, 4.69) is 23.4 Å². The van der Waals surface area contributed by atoms with Gasteiger partial charge in [0.25, 0.3) is 0 Å². The predicted octanol–water partition coefficient (Wildman–Crippen LogP) is 2.61. The number of benzene rings is 1. The molecule has 0 radical (unpaired) electrons. The predicted molar refractivity (Wildman–Crippen MR) is 99.3 cm³/mol. The number of halogens is 1. The summed E-state index contributed by atoms with van der Waals surface area (Å²) in [6.45, 7) is 6.03. The Balaban J connectivity index is 0.00000208. The molecular formula is C18H27ClN4O. The fourth-order valence-electron chi connectivity index (χ4n) is 3.60. The maximum absolute atomic E-state index is 12.9. The SMILES string of the molecule is CCc1nc2ccccc2n1CC(=O)N1CCC(C)CC1CN.Cl. The summed E-state index contributed by atoms with van der Waals surface area (Å²) in [5, 5.41) is 0. The van der Waals surface area contributed by atoms with Gasteiger partial charge < -0.3 is 15.2 Å². The topological polar surface area (TPSA) is 64.2 Å². The Morgan fingerprint density at radius 3 is 2.83 bits per heavy atom. The molecule has 0 bridgehead atoms. The van der Waals surface area contributed by atoms with Gasteiger partial charge in [0.05, 0.1) is 11.0 Å². The lowest BCUT2D eigenvalue weighted by Crippen LogP contribution is -2.50. The molecule has 1 aliphatic rings. The molecule has 1 amide bonds. The third-order valence-electron chi connectivity index (χ3n) is 4.91. The molecule has 1 aliphatic heterocycles. The Morgan fingerprint density at radius 1 is 1.38 bits per heavy atom. The van der Waals surface area contributed by atoms with Crippen molar-refractivity contribution < 1.29 is 4.79 Å². The Kier molecular flexibility index (Phi) is 6.24. The fourth-order valence-corrected chi connectivity index (χ4v) is 3.60. The van der Waals surface area contributed by atoms with Crippen LogP contribution in [0.4, 0.5) is 0 Å². The second kappa shape index (κ2) is 7.99. The fraction of sp³-hybridized carbons (Fsp3) is 0.556. The molecule has 0 saturated carbocycles. The number of aromatic nitrogens is 2. The average Bonchev–Trinajstić information content (AvgIpc) is 2.92. The maximum Gasteiger partial charge on any atom is 0.242 e. The molecule has 5 nitrogen and oxygen atoms in total. The lowest BCUT2D eigenvalue weighted by molar-refractivity contribution is -0.135. The van der Waals surface area contributed by atoms with Crippen LogP contribution < -0.4 is 5.73 Å². The highest BCUT2D eigenvalue weighted by molar-refractivity contribution is 5.85. The van der Waals surface area contributed by atoms with Crippen LogP contribution in [0, 0.1) is 5.92 Å². The molecule has 0 aliphatic carbocycles. The van der Waals surface area contributed by atoms with E-state index in [-0.39, 0.29) is 24.4 Å². The molecule has 1 aromatic heterocycles. The molecule has 3 rings (SSSR count). The smallest absolute Gasteiger partial charge is 0.242 e. The Labute approximate surface area is 149 Å². The molecule has 2 aromatic rings. The van der Waals surface area contributed by atoms with Crippen molar-refractivity contribution in [3.8, 4) is 0 Å². The second-order valence-electron chi connectivity index (χ2n) is 6.56. The van der Waals surface area contributed by atoms with Crippen molar-refractivity contribution in [3.05, 3.63) is 30.1 Å². The van der Waals surface area contributed by atoms with Crippen LogP contribution >= 0.6 is 12.4 Å². The minimum absolute atomic E-state index is 0. The van der Waals surface area contributed by atoms with Crippen molar-refractivity contribution >= 4 is 29.3 Å². The van der Waals surface area contributed by atoms with Gasteiger partial charge in [0, 0.05) is 25.6 Å². The van der Waals surface area contributed by atoms with Crippen molar-refractivity contribution in [3.63, 3.8) is 0 Å². The number of carbonyl (C=O) groups is 1. The van der Waals surface area contributed by atoms with E-state index in [0.29, 0.717) is 19.0 Å². The van der Waals surface area contributed by atoms with Crippen LogP contribution in [0.5, 0.6) is 0 Å². The molecule has 1 saturated heterocycles. The van der Waals surface area contributed by atoms with E-state index in [9.17, 15) is 4.79 Å². The maximum atomic E-state index is 12.9. The highest BCUT2D eigenvalue weighted by Crippen LogP contribution is 2.23. The number of nitrogens with two attached hydrogens (primary N) is 1. The molecule has 1 fully saturated rings. The van der Waals surface area contributed by atoms with Gasteiger partial charge in [0.2, 0.25) is 5.91 Å². The van der Waals surface area contributed by atoms with Crippen LogP contribution in [0.3, 0.4) is 0 Å². The van der Waals surface area contributed by atoms with E-state index in [1.807, 2.05) is 29.2 Å². The van der Waals surface area contributed by atoms with E-state index in [0.717, 1.165) is 42.7 Å². The van der Waals surface area contributed by atoms with Gasteiger partial charge in [-0.05, 0) is 30.9 Å². The van der Waals surface area contributed by atoms with Crippen LogP contribution in [-0.4, -0.2) is 39.5 Å². The van der Waals surface area contributed by atoms with Crippen molar-refractivity contribution in [2.45, 2.75) is 45.7 Å². The van der Waals surface area contributed by atoms with E-state index in [4.69, 9.17) is 5.73 Å².